The van der Waals surface area contributed by atoms with Crippen molar-refractivity contribution in [2.24, 2.45) is 18.9 Å². The Morgan fingerprint density at radius 3 is 2.50 bits per heavy atom. The number of piperidine rings is 1. The molecule has 1 aliphatic heterocycles. The molecule has 2 fully saturated rings. The molecule has 1 aliphatic carbocycles. The number of benzene rings is 1. The minimum absolute atomic E-state index is 0.0362. The summed E-state index contributed by atoms with van der Waals surface area (Å²) >= 11 is 1.47. The van der Waals surface area contributed by atoms with Gasteiger partial charge in [0.15, 0.2) is 0 Å². The number of likely N-dealkylation sites (tertiary alicyclic amines) is 1. The molecule has 0 bridgehead atoms. The highest BCUT2D eigenvalue weighted by atomic mass is 32.1. The number of carbonyl (C=O) groups is 2. The summed E-state index contributed by atoms with van der Waals surface area (Å²) in [5, 5.41) is 15.8. The van der Waals surface area contributed by atoms with E-state index in [0.29, 0.717) is 35.7 Å². The topological polar surface area (TPSA) is 110 Å². The van der Waals surface area contributed by atoms with Crippen molar-refractivity contribution in [1.29, 1.82) is 0 Å². The van der Waals surface area contributed by atoms with E-state index in [-0.39, 0.29) is 41.1 Å². The molecule has 1 aromatic carbocycles. The Bertz CT molecular complexity index is 1460. The Balaban J connectivity index is 1.15. The molecule has 0 spiro atoms. The van der Waals surface area contributed by atoms with Crippen LogP contribution in [0.15, 0.2) is 53.4 Å². The van der Waals surface area contributed by atoms with E-state index >= 15 is 0 Å². The van der Waals surface area contributed by atoms with Crippen molar-refractivity contribution in [2.45, 2.75) is 6.10 Å². The number of carbonyl (C=O) groups excluding carboxylic acids is 1. The maximum atomic E-state index is 13.3. The van der Waals surface area contributed by atoms with Gasteiger partial charge in [-0.25, -0.2) is 19.2 Å². The Morgan fingerprint density at radius 2 is 1.83 bits per heavy atom. The van der Waals surface area contributed by atoms with E-state index in [9.17, 15) is 19.1 Å². The Morgan fingerprint density at radius 1 is 1.08 bits per heavy atom. The number of carboxylic acid groups (broad SMARTS) is 1. The number of fused-ring (bicyclic) bond motifs is 1. The van der Waals surface area contributed by atoms with Gasteiger partial charge < -0.3 is 14.7 Å². The minimum Gasteiger partial charge on any atom is -0.478 e. The van der Waals surface area contributed by atoms with Gasteiger partial charge >= 0.3 is 5.97 Å². The maximum Gasteiger partial charge on any atom is 0.335 e. The number of hydrogen-bond acceptors (Lipinski definition) is 7. The molecule has 1 amide bonds. The number of nitrogens with zero attached hydrogens (tertiary/aromatic N) is 5. The molecule has 11 heteroatoms. The molecule has 1 saturated carbocycles. The van der Waals surface area contributed by atoms with Crippen LogP contribution in [0.4, 0.5) is 4.39 Å². The summed E-state index contributed by atoms with van der Waals surface area (Å²) in [6.07, 6.45) is -0.149. The summed E-state index contributed by atoms with van der Waals surface area (Å²) in [5.41, 5.74) is 4.64. The predicted molar refractivity (Wildman–Crippen MR) is 128 cm³/mol. The average molecular weight is 506 g/mol. The third-order valence-corrected chi connectivity index (χ3v) is 7.23. The first kappa shape index (κ1) is 22.4. The van der Waals surface area contributed by atoms with Crippen molar-refractivity contribution in [2.75, 3.05) is 13.1 Å². The van der Waals surface area contributed by atoms with Gasteiger partial charge in [0, 0.05) is 49.0 Å². The third kappa shape index (κ3) is 4.01. The Hall–Kier alpha value is -4.12. The number of amides is 1. The molecule has 0 radical (unpaired) electrons. The van der Waals surface area contributed by atoms with Crippen LogP contribution >= 0.6 is 11.3 Å². The highest BCUT2D eigenvalue weighted by Crippen LogP contribution is 2.48. The lowest BCUT2D eigenvalue weighted by atomic mass is 10.1. The molecular formula is C25H20FN5O4S. The highest BCUT2D eigenvalue weighted by molar-refractivity contribution is 7.07. The van der Waals surface area contributed by atoms with E-state index in [1.54, 1.807) is 40.3 Å². The van der Waals surface area contributed by atoms with Crippen molar-refractivity contribution in [3.05, 3.63) is 70.4 Å². The summed E-state index contributed by atoms with van der Waals surface area (Å²) in [6, 6.07) is 10.3. The number of ether oxygens (including phenoxy) is 1. The number of carboxylic acids is 1. The maximum absolute atomic E-state index is 13.3. The molecule has 36 heavy (non-hydrogen) atoms. The zero-order chi connectivity index (χ0) is 25.0. The molecule has 1 unspecified atom stereocenters. The first-order valence-electron chi connectivity index (χ1n) is 11.3. The lowest BCUT2D eigenvalue weighted by Gasteiger charge is -2.20. The fourth-order valence-corrected chi connectivity index (χ4v) is 5.25. The van der Waals surface area contributed by atoms with Gasteiger partial charge in [-0.3, -0.25) is 9.48 Å². The standard InChI is InChI=1S/C25H20FN5O4S/c1-30-21(8-19(29-30)20-11-36-12-27-20)24(32)31-9-16-17(10-31)23(16)35-22-7-14(25(33)34)6-18(28-22)13-2-4-15(26)5-3-13/h2-8,11-12,16-17,23H,9-10H2,1H3,(H,33,34)/t16-,17+,23?. The number of aromatic carboxylic acids is 1. The molecule has 1 N–H and O–H groups in total. The van der Waals surface area contributed by atoms with Gasteiger partial charge in [-0.2, -0.15) is 5.10 Å². The highest BCUT2D eigenvalue weighted by Gasteiger charge is 2.59. The summed E-state index contributed by atoms with van der Waals surface area (Å²) < 4.78 is 21.0. The van der Waals surface area contributed by atoms with Crippen LogP contribution in [0.2, 0.25) is 0 Å². The van der Waals surface area contributed by atoms with Crippen LogP contribution < -0.4 is 4.74 Å². The van der Waals surface area contributed by atoms with Gasteiger partial charge in [0.1, 0.15) is 29.0 Å². The van der Waals surface area contributed by atoms with E-state index in [1.165, 1.54) is 35.6 Å². The second-order valence-corrected chi connectivity index (χ2v) is 9.64. The van der Waals surface area contributed by atoms with Crippen molar-refractivity contribution in [3.63, 3.8) is 0 Å². The molecule has 3 aromatic heterocycles. The van der Waals surface area contributed by atoms with Crippen molar-refractivity contribution >= 4 is 23.2 Å². The van der Waals surface area contributed by atoms with Crippen molar-refractivity contribution < 1.29 is 23.8 Å². The van der Waals surface area contributed by atoms with E-state index in [0.717, 1.165) is 5.69 Å². The molecule has 3 atom stereocenters. The molecule has 6 rings (SSSR count). The quantitative estimate of drug-likeness (QED) is 0.426. The van der Waals surface area contributed by atoms with E-state index in [4.69, 9.17) is 4.74 Å². The average Bonchev–Trinajstić information content (AvgIpc) is 3.37. The first-order chi connectivity index (χ1) is 17.4. The van der Waals surface area contributed by atoms with Crippen LogP contribution in [0, 0.1) is 17.7 Å². The second-order valence-electron chi connectivity index (χ2n) is 8.92. The van der Waals surface area contributed by atoms with Crippen LogP contribution in [0.3, 0.4) is 0 Å². The predicted octanol–water partition coefficient (Wildman–Crippen LogP) is 3.59. The number of aryl methyl sites for hydroxylation is 1. The van der Waals surface area contributed by atoms with Crippen LogP contribution in [-0.2, 0) is 7.05 Å². The molecule has 1 saturated heterocycles. The normalized spacial score (nSPS) is 20.3. The lowest BCUT2D eigenvalue weighted by Crippen LogP contribution is -2.34. The first-order valence-corrected chi connectivity index (χ1v) is 12.2. The van der Waals surface area contributed by atoms with Gasteiger partial charge in [0.05, 0.1) is 16.8 Å². The zero-order valence-electron chi connectivity index (χ0n) is 19.0. The molecule has 2 aliphatic rings. The molecular weight excluding hydrogens is 485 g/mol. The minimum atomic E-state index is -1.11. The van der Waals surface area contributed by atoms with Gasteiger partial charge in [0.25, 0.3) is 5.91 Å². The van der Waals surface area contributed by atoms with E-state index in [1.807, 2.05) is 5.38 Å². The van der Waals surface area contributed by atoms with Crippen LogP contribution in [-0.4, -0.2) is 60.8 Å². The van der Waals surface area contributed by atoms with E-state index < -0.39 is 5.97 Å². The summed E-state index contributed by atoms with van der Waals surface area (Å²) in [5.74, 6) is -1.10. The molecule has 4 heterocycles. The van der Waals surface area contributed by atoms with Gasteiger partial charge in [0.2, 0.25) is 5.88 Å². The Labute approximate surface area is 208 Å². The van der Waals surface area contributed by atoms with Crippen LogP contribution in [0.1, 0.15) is 20.8 Å². The van der Waals surface area contributed by atoms with Crippen molar-refractivity contribution in [1.82, 2.24) is 24.6 Å². The van der Waals surface area contributed by atoms with Gasteiger partial charge in [-0.05, 0) is 36.4 Å². The van der Waals surface area contributed by atoms with Gasteiger partial charge in [-0.1, -0.05) is 0 Å². The monoisotopic (exact) mass is 505 g/mol. The van der Waals surface area contributed by atoms with Crippen LogP contribution in [0.5, 0.6) is 5.88 Å². The molecule has 4 aromatic rings. The van der Waals surface area contributed by atoms with Crippen LogP contribution in [0.25, 0.3) is 22.6 Å². The van der Waals surface area contributed by atoms with E-state index in [2.05, 4.69) is 15.1 Å². The lowest BCUT2D eigenvalue weighted by molar-refractivity contribution is 0.0692. The number of pyridine rings is 1. The molecule has 9 nitrogen and oxygen atoms in total. The summed E-state index contributed by atoms with van der Waals surface area (Å²) in [6.45, 7) is 1.07. The number of hydrogen-bond donors (Lipinski definition) is 1. The molecule has 182 valence electrons. The summed E-state index contributed by atoms with van der Waals surface area (Å²) in [7, 11) is 1.74. The number of thiazole rings is 1. The SMILES string of the molecule is Cn1nc(-c2cscn2)cc1C(=O)N1C[C@@H]2C(Oc3cc(C(=O)O)cc(-c4ccc(F)cc4)n3)[C@@H]2C1. The number of rotatable bonds is 6. The largest absolute Gasteiger partial charge is 0.478 e. The fraction of sp³-hybridized carbons (Fsp3) is 0.240. The van der Waals surface area contributed by atoms with Crippen molar-refractivity contribution in [3.8, 4) is 28.5 Å². The fourth-order valence-electron chi connectivity index (χ4n) is 4.70. The Kier molecular flexibility index (Phi) is 5.29. The van der Waals surface area contributed by atoms with Gasteiger partial charge in [-0.15, -0.1) is 11.3 Å². The second kappa shape index (κ2) is 8.52. The smallest absolute Gasteiger partial charge is 0.335 e. The summed E-state index contributed by atoms with van der Waals surface area (Å²) in [4.78, 5) is 35.3. The zero-order valence-corrected chi connectivity index (χ0v) is 19.9. The third-order valence-electron chi connectivity index (χ3n) is 6.64. The number of halogens is 1. The number of aromatic nitrogens is 4.